The van der Waals surface area contributed by atoms with Crippen molar-refractivity contribution >= 4 is 43.9 Å². The van der Waals surface area contributed by atoms with E-state index in [1.807, 2.05) is 60.7 Å². The molecule has 268 valence electrons. The quantitative estimate of drug-likeness (QED) is 0.176. The Kier molecular flexibility index (Phi) is 6.78. The second kappa shape index (κ2) is 12.0. The number of nitrogens with zero attached hydrogens (tertiary/aromatic N) is 4. The molecular weight excluding hydrogens is 689 g/mol. The molecular formula is C50H36N4O2. The fourth-order valence-electron chi connectivity index (χ4n) is 11.0. The van der Waals surface area contributed by atoms with Crippen LogP contribution in [-0.2, 0) is 5.41 Å². The second-order valence-electron chi connectivity index (χ2n) is 16.6. The van der Waals surface area contributed by atoms with Gasteiger partial charge in [-0.25, -0.2) is 15.0 Å². The van der Waals surface area contributed by atoms with Crippen molar-refractivity contribution in [2.45, 2.75) is 43.9 Å². The van der Waals surface area contributed by atoms with Crippen LogP contribution in [0.3, 0.4) is 0 Å². The van der Waals surface area contributed by atoms with Crippen LogP contribution in [0.1, 0.15) is 49.7 Å². The lowest BCUT2D eigenvalue weighted by molar-refractivity contribution is -0.00515. The van der Waals surface area contributed by atoms with Crippen LogP contribution in [0.15, 0.2) is 136 Å². The van der Waals surface area contributed by atoms with E-state index in [0.29, 0.717) is 23.0 Å². The predicted molar refractivity (Wildman–Crippen MR) is 221 cm³/mol. The van der Waals surface area contributed by atoms with Crippen LogP contribution >= 0.6 is 0 Å². The molecule has 0 unspecified atom stereocenters. The Balaban J connectivity index is 1.12. The molecule has 4 aliphatic rings. The zero-order valence-corrected chi connectivity index (χ0v) is 30.7. The molecule has 0 aliphatic heterocycles. The Labute approximate surface area is 323 Å². The number of nitriles is 1. The standard InChI is InChI=1S/C50H36N4O2/c51-28-29-15-17-33(18-16-29)34-22-35(24-36(23-34)50-25-30-19-31(26-50)21-32(20-30)27-50)47-52-48(41-11-5-9-39-37-7-1-3-13-43(37)55-45(39)41)54-49(53-47)42-12-6-10-40-38-8-2-4-14-44(38)56-46(40)42/h1-18,22-24,30-32H,19-21,25-27H2. The molecule has 9 aromatic rings. The number of para-hydroxylation sites is 4. The summed E-state index contributed by atoms with van der Waals surface area (Å²) in [7, 11) is 0. The molecule has 6 nitrogen and oxygen atoms in total. The van der Waals surface area contributed by atoms with Gasteiger partial charge in [0.25, 0.3) is 0 Å². The van der Waals surface area contributed by atoms with Crippen molar-refractivity contribution < 1.29 is 8.83 Å². The van der Waals surface area contributed by atoms with Crippen LogP contribution in [0.25, 0.3) is 89.2 Å². The molecule has 6 aromatic carbocycles. The van der Waals surface area contributed by atoms with E-state index in [4.69, 9.17) is 23.8 Å². The van der Waals surface area contributed by atoms with Crippen LogP contribution in [0, 0.1) is 29.1 Å². The Morgan fingerprint density at radius 1 is 0.500 bits per heavy atom. The Morgan fingerprint density at radius 2 is 1.00 bits per heavy atom. The number of benzene rings is 6. The highest BCUT2D eigenvalue weighted by molar-refractivity contribution is 6.10. The third-order valence-corrected chi connectivity index (χ3v) is 13.1. The SMILES string of the molecule is N#Cc1ccc(-c2cc(-c3nc(-c4cccc5c4oc4ccccc45)nc(-c4cccc5c4oc4ccccc45)n3)cc(C34CC5CC(CC(C5)C3)C4)c2)cc1. The van der Waals surface area contributed by atoms with E-state index >= 15 is 0 Å². The van der Waals surface area contributed by atoms with E-state index in [1.165, 1.54) is 44.1 Å². The maximum Gasteiger partial charge on any atom is 0.167 e. The van der Waals surface area contributed by atoms with Crippen LogP contribution in [0.5, 0.6) is 0 Å². The summed E-state index contributed by atoms with van der Waals surface area (Å²) >= 11 is 0. The van der Waals surface area contributed by atoms with Gasteiger partial charge in [0.15, 0.2) is 17.5 Å². The van der Waals surface area contributed by atoms with Crippen molar-refractivity contribution in [3.8, 4) is 51.4 Å². The molecule has 4 aliphatic carbocycles. The topological polar surface area (TPSA) is 88.7 Å². The lowest BCUT2D eigenvalue weighted by Gasteiger charge is -2.57. The Bertz CT molecular complexity index is 2920. The maximum absolute atomic E-state index is 9.60. The summed E-state index contributed by atoms with van der Waals surface area (Å²) in [6.07, 6.45) is 7.86. The first-order chi connectivity index (χ1) is 27.6. The van der Waals surface area contributed by atoms with Gasteiger partial charge >= 0.3 is 0 Å². The number of fused-ring (bicyclic) bond motifs is 6. The number of aromatic nitrogens is 3. The third kappa shape index (κ3) is 4.90. The molecule has 4 saturated carbocycles. The minimum absolute atomic E-state index is 0.143. The summed E-state index contributed by atoms with van der Waals surface area (Å²) in [5, 5.41) is 13.8. The third-order valence-electron chi connectivity index (χ3n) is 13.1. The van der Waals surface area contributed by atoms with E-state index in [2.05, 4.69) is 72.8 Å². The van der Waals surface area contributed by atoms with E-state index in [9.17, 15) is 5.26 Å². The first-order valence-corrected chi connectivity index (χ1v) is 19.8. The fraction of sp³-hybridized carbons (Fsp3) is 0.200. The predicted octanol–water partition coefficient (Wildman–Crippen LogP) is 12.7. The smallest absolute Gasteiger partial charge is 0.167 e. The highest BCUT2D eigenvalue weighted by Crippen LogP contribution is 2.61. The van der Waals surface area contributed by atoms with Crippen LogP contribution < -0.4 is 0 Å². The lowest BCUT2D eigenvalue weighted by Crippen LogP contribution is -2.48. The zero-order valence-electron chi connectivity index (χ0n) is 30.7. The molecule has 0 radical (unpaired) electrons. The van der Waals surface area contributed by atoms with Crippen molar-refractivity contribution in [3.05, 3.63) is 139 Å². The molecule has 56 heavy (non-hydrogen) atoms. The summed E-state index contributed by atoms with van der Waals surface area (Å²) < 4.78 is 13.1. The first-order valence-electron chi connectivity index (χ1n) is 19.8. The Morgan fingerprint density at radius 3 is 1.55 bits per heavy atom. The monoisotopic (exact) mass is 724 g/mol. The summed E-state index contributed by atoms with van der Waals surface area (Å²) in [5.41, 5.74) is 10.1. The number of hydrogen-bond donors (Lipinski definition) is 0. The van der Waals surface area contributed by atoms with Crippen molar-refractivity contribution in [2.75, 3.05) is 0 Å². The Hall–Kier alpha value is -6.58. The van der Waals surface area contributed by atoms with Crippen molar-refractivity contribution in [2.24, 2.45) is 17.8 Å². The highest BCUT2D eigenvalue weighted by atomic mass is 16.3. The first kappa shape index (κ1) is 31.7. The van der Waals surface area contributed by atoms with Crippen molar-refractivity contribution in [1.82, 2.24) is 15.0 Å². The minimum Gasteiger partial charge on any atom is -0.455 e. The van der Waals surface area contributed by atoms with E-state index < -0.39 is 0 Å². The van der Waals surface area contributed by atoms with Crippen molar-refractivity contribution in [1.29, 1.82) is 5.26 Å². The van der Waals surface area contributed by atoms with Crippen LogP contribution in [0.2, 0.25) is 0 Å². The van der Waals surface area contributed by atoms with Crippen molar-refractivity contribution in [3.63, 3.8) is 0 Å². The van der Waals surface area contributed by atoms with Gasteiger partial charge in [-0.15, -0.1) is 0 Å². The number of hydrogen-bond acceptors (Lipinski definition) is 6. The summed E-state index contributed by atoms with van der Waals surface area (Å²) in [4.78, 5) is 15.9. The lowest BCUT2D eigenvalue weighted by atomic mass is 9.48. The largest absolute Gasteiger partial charge is 0.455 e. The number of rotatable bonds is 5. The molecule has 4 bridgehead atoms. The van der Waals surface area contributed by atoms with Gasteiger partial charge in [-0.1, -0.05) is 78.9 Å². The molecule has 0 amide bonds. The van der Waals surface area contributed by atoms with Gasteiger partial charge in [-0.2, -0.15) is 5.26 Å². The molecule has 0 spiro atoms. The summed E-state index contributed by atoms with van der Waals surface area (Å²) in [5.74, 6) is 4.09. The molecule has 3 heterocycles. The summed E-state index contributed by atoms with van der Waals surface area (Å²) in [6, 6.07) is 45.9. The average Bonchev–Trinajstić information content (AvgIpc) is 3.82. The zero-order chi connectivity index (χ0) is 37.0. The molecule has 0 atom stereocenters. The van der Waals surface area contributed by atoms with E-state index in [-0.39, 0.29) is 5.41 Å². The van der Waals surface area contributed by atoms with Gasteiger partial charge in [0.2, 0.25) is 0 Å². The van der Waals surface area contributed by atoms with Crippen LogP contribution in [-0.4, -0.2) is 15.0 Å². The average molecular weight is 725 g/mol. The van der Waals surface area contributed by atoms with Gasteiger partial charge in [-0.3, -0.25) is 0 Å². The van der Waals surface area contributed by atoms with Gasteiger partial charge in [0, 0.05) is 27.1 Å². The minimum atomic E-state index is 0.143. The van der Waals surface area contributed by atoms with E-state index in [0.717, 1.165) is 89.4 Å². The molecule has 3 aromatic heterocycles. The molecule has 6 heteroatoms. The van der Waals surface area contributed by atoms with Gasteiger partial charge in [0.1, 0.15) is 22.3 Å². The molecule has 4 fully saturated rings. The highest BCUT2D eigenvalue weighted by Gasteiger charge is 2.51. The molecule has 0 N–H and O–H groups in total. The fourth-order valence-corrected chi connectivity index (χ4v) is 11.0. The van der Waals surface area contributed by atoms with Gasteiger partial charge in [0.05, 0.1) is 22.8 Å². The van der Waals surface area contributed by atoms with E-state index in [1.54, 1.807) is 0 Å². The molecule has 0 saturated heterocycles. The van der Waals surface area contributed by atoms with Gasteiger partial charge in [-0.05, 0) is 127 Å². The number of furan rings is 2. The second-order valence-corrected chi connectivity index (χ2v) is 16.6. The maximum atomic E-state index is 9.60. The summed E-state index contributed by atoms with van der Waals surface area (Å²) in [6.45, 7) is 0. The normalized spacial score (nSPS) is 21.4. The molecule has 13 rings (SSSR count). The van der Waals surface area contributed by atoms with Crippen LogP contribution in [0.4, 0.5) is 0 Å². The van der Waals surface area contributed by atoms with Gasteiger partial charge < -0.3 is 8.83 Å².